The standard InChI is InChI=1S/C15H19N3O/c1-10-6-5-7-11(2)15(10)19-9-14-17-12(3)8-13(16-4)18-14/h5-8H,9H2,1-4H3,(H,16,17,18). The van der Waals surface area contributed by atoms with Crippen LogP contribution < -0.4 is 10.1 Å². The van der Waals surface area contributed by atoms with E-state index in [-0.39, 0.29) is 0 Å². The van der Waals surface area contributed by atoms with Crippen LogP contribution in [0.1, 0.15) is 22.6 Å². The van der Waals surface area contributed by atoms with Crippen LogP contribution in [-0.2, 0) is 6.61 Å². The highest BCUT2D eigenvalue weighted by Crippen LogP contribution is 2.23. The van der Waals surface area contributed by atoms with E-state index in [1.165, 1.54) is 0 Å². The zero-order valence-corrected chi connectivity index (χ0v) is 11.8. The van der Waals surface area contributed by atoms with Crippen molar-refractivity contribution in [3.8, 4) is 5.75 Å². The Morgan fingerprint density at radius 3 is 2.42 bits per heavy atom. The van der Waals surface area contributed by atoms with E-state index in [0.717, 1.165) is 28.4 Å². The summed E-state index contributed by atoms with van der Waals surface area (Å²) in [6.45, 7) is 6.41. The van der Waals surface area contributed by atoms with Crippen molar-refractivity contribution in [3.05, 3.63) is 46.9 Å². The number of hydrogen-bond donors (Lipinski definition) is 1. The summed E-state index contributed by atoms with van der Waals surface area (Å²) >= 11 is 0. The minimum atomic E-state index is 0.377. The molecule has 0 atom stereocenters. The lowest BCUT2D eigenvalue weighted by atomic mass is 10.1. The molecule has 2 aromatic rings. The molecule has 4 heteroatoms. The molecule has 0 saturated heterocycles. The van der Waals surface area contributed by atoms with Gasteiger partial charge in [-0.1, -0.05) is 18.2 Å². The number of benzene rings is 1. The molecule has 19 heavy (non-hydrogen) atoms. The fraction of sp³-hybridized carbons (Fsp3) is 0.333. The van der Waals surface area contributed by atoms with Crippen LogP contribution in [0, 0.1) is 20.8 Å². The highest BCUT2D eigenvalue weighted by atomic mass is 16.5. The monoisotopic (exact) mass is 257 g/mol. The predicted octanol–water partition coefficient (Wildman–Crippen LogP) is 3.02. The van der Waals surface area contributed by atoms with E-state index >= 15 is 0 Å². The van der Waals surface area contributed by atoms with Gasteiger partial charge in [-0.15, -0.1) is 0 Å². The highest BCUT2D eigenvalue weighted by Gasteiger charge is 2.06. The van der Waals surface area contributed by atoms with Crippen molar-refractivity contribution in [2.24, 2.45) is 0 Å². The van der Waals surface area contributed by atoms with Crippen LogP contribution in [0.15, 0.2) is 24.3 Å². The molecule has 4 nitrogen and oxygen atoms in total. The van der Waals surface area contributed by atoms with E-state index in [1.54, 1.807) is 0 Å². The lowest BCUT2D eigenvalue weighted by Crippen LogP contribution is -2.06. The number of rotatable bonds is 4. The average molecular weight is 257 g/mol. The minimum Gasteiger partial charge on any atom is -0.485 e. The van der Waals surface area contributed by atoms with Gasteiger partial charge in [-0.2, -0.15) is 0 Å². The number of hydrogen-bond acceptors (Lipinski definition) is 4. The maximum absolute atomic E-state index is 5.86. The minimum absolute atomic E-state index is 0.377. The zero-order valence-electron chi connectivity index (χ0n) is 11.8. The van der Waals surface area contributed by atoms with E-state index in [2.05, 4.69) is 15.3 Å². The first-order valence-electron chi connectivity index (χ1n) is 6.31. The SMILES string of the molecule is CNc1cc(C)nc(COc2c(C)cccc2C)n1. The number of anilines is 1. The molecule has 0 radical (unpaired) electrons. The van der Waals surface area contributed by atoms with Gasteiger partial charge in [0.05, 0.1) is 0 Å². The summed E-state index contributed by atoms with van der Waals surface area (Å²) in [7, 11) is 1.85. The predicted molar refractivity (Wildman–Crippen MR) is 76.6 cm³/mol. The van der Waals surface area contributed by atoms with Gasteiger partial charge in [-0.05, 0) is 31.9 Å². The third-order valence-electron chi connectivity index (χ3n) is 2.91. The Hall–Kier alpha value is -2.10. The second kappa shape index (κ2) is 5.69. The molecule has 2 rings (SSSR count). The Balaban J connectivity index is 2.16. The molecule has 0 amide bonds. The topological polar surface area (TPSA) is 47.0 Å². The normalized spacial score (nSPS) is 10.3. The van der Waals surface area contributed by atoms with E-state index < -0.39 is 0 Å². The van der Waals surface area contributed by atoms with Gasteiger partial charge in [0.15, 0.2) is 5.82 Å². The molecule has 0 aliphatic carbocycles. The summed E-state index contributed by atoms with van der Waals surface area (Å²) < 4.78 is 5.86. The van der Waals surface area contributed by atoms with Gasteiger partial charge >= 0.3 is 0 Å². The first-order valence-corrected chi connectivity index (χ1v) is 6.31. The molecule has 0 saturated carbocycles. The summed E-state index contributed by atoms with van der Waals surface area (Å²) in [5.74, 6) is 2.42. The molecular formula is C15H19N3O. The number of para-hydroxylation sites is 1. The van der Waals surface area contributed by atoms with Crippen LogP contribution in [-0.4, -0.2) is 17.0 Å². The van der Waals surface area contributed by atoms with E-state index in [4.69, 9.17) is 4.74 Å². The molecule has 0 spiro atoms. The molecular weight excluding hydrogens is 238 g/mol. The smallest absolute Gasteiger partial charge is 0.168 e. The van der Waals surface area contributed by atoms with Crippen molar-refractivity contribution in [3.63, 3.8) is 0 Å². The second-order valence-electron chi connectivity index (χ2n) is 4.57. The Labute approximate surface area is 113 Å². The molecule has 0 aliphatic heterocycles. The van der Waals surface area contributed by atoms with Gasteiger partial charge in [-0.25, -0.2) is 9.97 Å². The van der Waals surface area contributed by atoms with Crippen LogP contribution >= 0.6 is 0 Å². The molecule has 1 heterocycles. The number of aryl methyl sites for hydroxylation is 3. The average Bonchev–Trinajstić information content (AvgIpc) is 2.37. The largest absolute Gasteiger partial charge is 0.485 e. The molecule has 0 aliphatic rings. The Kier molecular flexibility index (Phi) is 4.00. The van der Waals surface area contributed by atoms with Crippen molar-refractivity contribution in [2.75, 3.05) is 12.4 Å². The Morgan fingerprint density at radius 2 is 1.79 bits per heavy atom. The van der Waals surface area contributed by atoms with Gasteiger partial charge in [-0.3, -0.25) is 0 Å². The maximum atomic E-state index is 5.86. The summed E-state index contributed by atoms with van der Waals surface area (Å²) in [5.41, 5.74) is 3.18. The molecule has 1 N–H and O–H groups in total. The summed E-state index contributed by atoms with van der Waals surface area (Å²) in [6, 6.07) is 8.01. The van der Waals surface area contributed by atoms with E-state index in [9.17, 15) is 0 Å². The van der Waals surface area contributed by atoms with Gasteiger partial charge in [0.2, 0.25) is 0 Å². The van der Waals surface area contributed by atoms with Crippen molar-refractivity contribution in [2.45, 2.75) is 27.4 Å². The summed E-state index contributed by atoms with van der Waals surface area (Å²) in [5, 5.41) is 3.02. The maximum Gasteiger partial charge on any atom is 0.168 e. The van der Waals surface area contributed by atoms with Gasteiger partial charge in [0, 0.05) is 18.8 Å². The van der Waals surface area contributed by atoms with Crippen LogP contribution in [0.3, 0.4) is 0 Å². The van der Waals surface area contributed by atoms with E-state index in [1.807, 2.05) is 52.1 Å². The van der Waals surface area contributed by atoms with Crippen LogP contribution in [0.2, 0.25) is 0 Å². The van der Waals surface area contributed by atoms with Crippen LogP contribution in [0.25, 0.3) is 0 Å². The van der Waals surface area contributed by atoms with Crippen molar-refractivity contribution in [1.29, 1.82) is 0 Å². The summed E-state index contributed by atoms with van der Waals surface area (Å²) in [6.07, 6.45) is 0. The van der Waals surface area contributed by atoms with Gasteiger partial charge in [0.25, 0.3) is 0 Å². The number of nitrogens with one attached hydrogen (secondary N) is 1. The highest BCUT2D eigenvalue weighted by molar-refractivity contribution is 5.40. The lowest BCUT2D eigenvalue weighted by Gasteiger charge is -2.12. The molecule has 0 unspecified atom stereocenters. The Bertz CT molecular complexity index is 561. The second-order valence-corrected chi connectivity index (χ2v) is 4.57. The Morgan fingerprint density at radius 1 is 1.11 bits per heavy atom. The van der Waals surface area contributed by atoms with Gasteiger partial charge in [0.1, 0.15) is 18.2 Å². The van der Waals surface area contributed by atoms with Crippen molar-refractivity contribution >= 4 is 5.82 Å². The van der Waals surface area contributed by atoms with E-state index in [0.29, 0.717) is 12.4 Å². The first-order chi connectivity index (χ1) is 9.10. The van der Waals surface area contributed by atoms with Crippen LogP contribution in [0.4, 0.5) is 5.82 Å². The number of nitrogens with zero attached hydrogens (tertiary/aromatic N) is 2. The van der Waals surface area contributed by atoms with Crippen molar-refractivity contribution in [1.82, 2.24) is 9.97 Å². The number of aromatic nitrogens is 2. The third kappa shape index (κ3) is 3.22. The fourth-order valence-electron chi connectivity index (χ4n) is 1.99. The fourth-order valence-corrected chi connectivity index (χ4v) is 1.99. The molecule has 0 fully saturated rings. The first kappa shape index (κ1) is 13.3. The zero-order chi connectivity index (χ0) is 13.8. The third-order valence-corrected chi connectivity index (χ3v) is 2.91. The molecule has 1 aromatic carbocycles. The summed E-state index contributed by atoms with van der Waals surface area (Å²) in [4.78, 5) is 8.76. The quantitative estimate of drug-likeness (QED) is 0.914. The van der Waals surface area contributed by atoms with Crippen molar-refractivity contribution < 1.29 is 4.74 Å². The molecule has 0 bridgehead atoms. The molecule has 1 aromatic heterocycles. The van der Waals surface area contributed by atoms with Gasteiger partial charge < -0.3 is 10.1 Å². The number of ether oxygens (including phenoxy) is 1. The molecule has 100 valence electrons. The lowest BCUT2D eigenvalue weighted by molar-refractivity contribution is 0.291. The van der Waals surface area contributed by atoms with Crippen LogP contribution in [0.5, 0.6) is 5.75 Å².